The Hall–Kier alpha value is -3.22. The number of amides is 3. The first kappa shape index (κ1) is 25.4. The summed E-state index contributed by atoms with van der Waals surface area (Å²) >= 11 is 0. The lowest BCUT2D eigenvalue weighted by molar-refractivity contribution is -0.125. The third-order valence-electron chi connectivity index (χ3n) is 6.70. The van der Waals surface area contributed by atoms with Crippen molar-refractivity contribution in [2.24, 2.45) is 11.8 Å². The van der Waals surface area contributed by atoms with E-state index in [0.29, 0.717) is 37.1 Å². The molecule has 1 fully saturated rings. The van der Waals surface area contributed by atoms with E-state index in [1.54, 1.807) is 23.1 Å². The van der Waals surface area contributed by atoms with Gasteiger partial charge in [0.1, 0.15) is 11.9 Å². The van der Waals surface area contributed by atoms with Crippen LogP contribution < -0.4 is 10.6 Å². The van der Waals surface area contributed by atoms with E-state index in [4.69, 9.17) is 0 Å². The highest BCUT2D eigenvalue weighted by Gasteiger charge is 2.35. The molecule has 0 spiro atoms. The summed E-state index contributed by atoms with van der Waals surface area (Å²) in [5.41, 5.74) is 1.69. The molecule has 1 aliphatic heterocycles. The Morgan fingerprint density at radius 1 is 0.971 bits per heavy atom. The van der Waals surface area contributed by atoms with Gasteiger partial charge in [0.05, 0.1) is 0 Å². The molecule has 7 heteroatoms. The summed E-state index contributed by atoms with van der Waals surface area (Å²) in [6.07, 6.45) is 1.12. The Kier molecular flexibility index (Phi) is 8.42. The van der Waals surface area contributed by atoms with Crippen LogP contribution in [0.4, 0.5) is 4.39 Å². The lowest BCUT2D eigenvalue weighted by Crippen LogP contribution is -2.55. The molecule has 2 aromatic carbocycles. The SMILES string of the molecule is Cc1ccccc1C(=O)N[C@@H](C(=O)N[C@H](C)C(C)C)C1CCN(C(=O)c2cccc(F)c2)CC1. The highest BCUT2D eigenvalue weighted by atomic mass is 19.1. The number of hydrogen-bond donors (Lipinski definition) is 2. The van der Waals surface area contributed by atoms with E-state index in [2.05, 4.69) is 10.6 Å². The Morgan fingerprint density at radius 3 is 2.26 bits per heavy atom. The lowest BCUT2D eigenvalue weighted by Gasteiger charge is -2.36. The fourth-order valence-electron chi connectivity index (χ4n) is 4.16. The first-order valence-corrected chi connectivity index (χ1v) is 11.9. The van der Waals surface area contributed by atoms with Crippen molar-refractivity contribution in [2.45, 2.75) is 52.6 Å². The second-order valence-corrected chi connectivity index (χ2v) is 9.45. The zero-order valence-corrected chi connectivity index (χ0v) is 20.3. The van der Waals surface area contributed by atoms with Crippen LogP contribution in [0.1, 0.15) is 59.9 Å². The lowest BCUT2D eigenvalue weighted by atomic mass is 9.87. The first-order valence-electron chi connectivity index (χ1n) is 11.9. The van der Waals surface area contributed by atoms with Crippen molar-refractivity contribution in [3.8, 4) is 0 Å². The van der Waals surface area contributed by atoms with Crippen molar-refractivity contribution >= 4 is 17.7 Å². The molecule has 0 aromatic heterocycles. The van der Waals surface area contributed by atoms with Crippen molar-refractivity contribution in [3.05, 3.63) is 71.0 Å². The number of nitrogens with one attached hydrogen (secondary N) is 2. The van der Waals surface area contributed by atoms with Crippen LogP contribution in [0.2, 0.25) is 0 Å². The molecular weight excluding hydrogens is 433 g/mol. The molecule has 1 heterocycles. The average Bonchev–Trinajstić information content (AvgIpc) is 2.82. The summed E-state index contributed by atoms with van der Waals surface area (Å²) in [6.45, 7) is 8.74. The van der Waals surface area contributed by atoms with Crippen molar-refractivity contribution in [3.63, 3.8) is 0 Å². The van der Waals surface area contributed by atoms with Gasteiger partial charge in [0.15, 0.2) is 0 Å². The molecule has 0 bridgehead atoms. The summed E-state index contributed by atoms with van der Waals surface area (Å²) in [5, 5.41) is 6.01. The van der Waals surface area contributed by atoms with Crippen LogP contribution >= 0.6 is 0 Å². The molecule has 2 atom stereocenters. The smallest absolute Gasteiger partial charge is 0.253 e. The molecule has 2 aromatic rings. The highest BCUT2D eigenvalue weighted by Crippen LogP contribution is 2.24. The Labute approximate surface area is 200 Å². The van der Waals surface area contributed by atoms with E-state index in [-0.39, 0.29) is 35.6 Å². The van der Waals surface area contributed by atoms with Crippen molar-refractivity contribution in [2.75, 3.05) is 13.1 Å². The Bertz CT molecular complexity index is 1030. The van der Waals surface area contributed by atoms with Gasteiger partial charge in [-0.15, -0.1) is 0 Å². The van der Waals surface area contributed by atoms with Gasteiger partial charge >= 0.3 is 0 Å². The molecule has 6 nitrogen and oxygen atoms in total. The molecular formula is C27H34FN3O3. The van der Waals surface area contributed by atoms with E-state index < -0.39 is 11.9 Å². The van der Waals surface area contributed by atoms with Gasteiger partial charge in [-0.2, -0.15) is 0 Å². The normalized spacial score (nSPS) is 16.1. The van der Waals surface area contributed by atoms with E-state index in [9.17, 15) is 18.8 Å². The first-order chi connectivity index (χ1) is 16.2. The van der Waals surface area contributed by atoms with Crippen LogP contribution in [-0.2, 0) is 4.79 Å². The summed E-state index contributed by atoms with van der Waals surface area (Å²) < 4.78 is 13.5. The minimum absolute atomic E-state index is 0.0417. The largest absolute Gasteiger partial charge is 0.352 e. The Balaban J connectivity index is 1.73. The molecule has 2 N–H and O–H groups in total. The van der Waals surface area contributed by atoms with Gasteiger partial charge < -0.3 is 15.5 Å². The molecule has 3 rings (SSSR count). The van der Waals surface area contributed by atoms with E-state index in [0.717, 1.165) is 5.56 Å². The maximum Gasteiger partial charge on any atom is 0.253 e. The number of hydrogen-bond acceptors (Lipinski definition) is 3. The molecule has 0 unspecified atom stereocenters. The Morgan fingerprint density at radius 2 is 1.65 bits per heavy atom. The molecule has 34 heavy (non-hydrogen) atoms. The number of likely N-dealkylation sites (tertiary alicyclic amines) is 1. The third kappa shape index (κ3) is 6.22. The fraction of sp³-hybridized carbons (Fsp3) is 0.444. The topological polar surface area (TPSA) is 78.5 Å². The van der Waals surface area contributed by atoms with E-state index >= 15 is 0 Å². The van der Waals surface area contributed by atoms with E-state index in [1.807, 2.05) is 39.8 Å². The van der Waals surface area contributed by atoms with Gasteiger partial charge in [0.2, 0.25) is 5.91 Å². The van der Waals surface area contributed by atoms with Crippen LogP contribution in [-0.4, -0.2) is 47.8 Å². The van der Waals surface area contributed by atoms with Gasteiger partial charge in [-0.25, -0.2) is 4.39 Å². The van der Waals surface area contributed by atoms with Gasteiger partial charge in [-0.05, 0) is 68.4 Å². The fourth-order valence-corrected chi connectivity index (χ4v) is 4.16. The average molecular weight is 468 g/mol. The molecule has 1 saturated heterocycles. The van der Waals surface area contributed by atoms with Crippen molar-refractivity contribution < 1.29 is 18.8 Å². The molecule has 182 valence electrons. The van der Waals surface area contributed by atoms with Crippen molar-refractivity contribution in [1.82, 2.24) is 15.5 Å². The predicted molar refractivity (Wildman–Crippen MR) is 130 cm³/mol. The standard InChI is InChI=1S/C27H34FN3O3/c1-17(2)19(4)29-26(33)24(30-25(32)23-11-6-5-8-18(23)3)20-12-14-31(15-13-20)27(34)21-9-7-10-22(28)16-21/h5-11,16-17,19-20,24H,12-15H2,1-4H3,(H,29,33)(H,30,32)/t19-,24-/m1/s1. The number of carbonyl (C=O) groups excluding carboxylic acids is 3. The second-order valence-electron chi connectivity index (χ2n) is 9.45. The maximum absolute atomic E-state index is 13.5. The molecule has 1 aliphatic rings. The summed E-state index contributed by atoms with van der Waals surface area (Å²) in [6, 6.07) is 12.2. The molecule has 0 saturated carbocycles. The number of piperidine rings is 1. The zero-order chi connectivity index (χ0) is 24.8. The maximum atomic E-state index is 13.5. The van der Waals surface area contributed by atoms with Gasteiger partial charge in [0, 0.05) is 30.3 Å². The summed E-state index contributed by atoms with van der Waals surface area (Å²) in [5.74, 6) is -1.04. The van der Waals surface area contributed by atoms with Crippen LogP contribution in [0.15, 0.2) is 48.5 Å². The monoisotopic (exact) mass is 467 g/mol. The highest BCUT2D eigenvalue weighted by molar-refractivity contribution is 5.99. The molecule has 0 radical (unpaired) electrons. The minimum Gasteiger partial charge on any atom is -0.352 e. The van der Waals surface area contributed by atoms with Gasteiger partial charge in [-0.3, -0.25) is 14.4 Å². The number of nitrogens with zero attached hydrogens (tertiary/aromatic N) is 1. The number of carbonyl (C=O) groups is 3. The van der Waals surface area contributed by atoms with Crippen molar-refractivity contribution in [1.29, 1.82) is 0 Å². The van der Waals surface area contributed by atoms with Crippen LogP contribution in [0.5, 0.6) is 0 Å². The second kappa shape index (κ2) is 11.3. The van der Waals surface area contributed by atoms with Gasteiger partial charge in [-0.1, -0.05) is 38.1 Å². The predicted octanol–water partition coefficient (Wildman–Crippen LogP) is 3.95. The minimum atomic E-state index is -0.709. The number of rotatable bonds is 7. The summed E-state index contributed by atoms with van der Waals surface area (Å²) in [4.78, 5) is 40.8. The van der Waals surface area contributed by atoms with E-state index in [1.165, 1.54) is 18.2 Å². The third-order valence-corrected chi connectivity index (χ3v) is 6.70. The van der Waals surface area contributed by atoms with Crippen LogP contribution in [0.25, 0.3) is 0 Å². The zero-order valence-electron chi connectivity index (χ0n) is 20.3. The quantitative estimate of drug-likeness (QED) is 0.647. The van der Waals surface area contributed by atoms with Crippen LogP contribution in [0, 0.1) is 24.6 Å². The number of aryl methyl sites for hydroxylation is 1. The summed E-state index contributed by atoms with van der Waals surface area (Å²) in [7, 11) is 0. The number of halogens is 1. The molecule has 3 amide bonds. The number of benzene rings is 2. The van der Waals surface area contributed by atoms with Gasteiger partial charge in [0.25, 0.3) is 11.8 Å². The molecule has 0 aliphatic carbocycles. The van der Waals surface area contributed by atoms with Crippen LogP contribution in [0.3, 0.4) is 0 Å².